The Morgan fingerprint density at radius 3 is 2.52 bits per heavy atom. The van der Waals surface area contributed by atoms with E-state index in [4.69, 9.17) is 9.47 Å². The first-order valence-electron chi connectivity index (χ1n) is 15.2. The molecule has 0 N–H and O–H groups in total. The molecule has 0 fully saturated rings. The maximum Gasteiger partial charge on any atom is 0.414 e. The molecule has 5 rings (SSSR count). The number of carbonyl (C=O) groups is 2. The number of para-hydroxylation sites is 1. The Bertz CT molecular complexity index is 1790. The Labute approximate surface area is 273 Å². The number of rotatable bonds is 8. The molecular formula is C34H40N6O5S. The second-order valence-electron chi connectivity index (χ2n) is 12.2. The molecule has 0 radical (unpaired) electrons. The van der Waals surface area contributed by atoms with Gasteiger partial charge >= 0.3 is 12.2 Å². The molecule has 3 heterocycles. The highest BCUT2D eigenvalue weighted by Gasteiger charge is 2.32. The minimum atomic E-state index is -0.602. The summed E-state index contributed by atoms with van der Waals surface area (Å²) >= 11 is 1.40. The van der Waals surface area contributed by atoms with Crippen molar-refractivity contribution in [2.24, 2.45) is 0 Å². The number of pyridine rings is 1. The molecule has 0 saturated carbocycles. The van der Waals surface area contributed by atoms with E-state index in [1.807, 2.05) is 93.4 Å². The molecule has 4 aromatic rings. The summed E-state index contributed by atoms with van der Waals surface area (Å²) in [5.74, 6) is 0. The van der Waals surface area contributed by atoms with Crippen molar-refractivity contribution in [2.75, 3.05) is 42.7 Å². The molecule has 46 heavy (non-hydrogen) atoms. The fourth-order valence-corrected chi connectivity index (χ4v) is 5.73. The first-order valence-corrected chi connectivity index (χ1v) is 16.4. The van der Waals surface area contributed by atoms with Gasteiger partial charge in [-0.3, -0.25) is 14.3 Å². The highest BCUT2D eigenvalue weighted by Crippen LogP contribution is 2.40. The summed E-state index contributed by atoms with van der Waals surface area (Å²) in [5, 5.41) is 1.27. The molecule has 0 bridgehead atoms. The van der Waals surface area contributed by atoms with Crippen LogP contribution in [0.25, 0.3) is 11.0 Å². The maximum absolute atomic E-state index is 14.3. The summed E-state index contributed by atoms with van der Waals surface area (Å²) in [7, 11) is 1.68. The molecular weight excluding hydrogens is 604 g/mol. The number of aryl methyl sites for hydroxylation is 2. The van der Waals surface area contributed by atoms with Crippen LogP contribution in [0.5, 0.6) is 0 Å². The number of aromatic nitrogens is 3. The van der Waals surface area contributed by atoms with Crippen LogP contribution in [0.15, 0.2) is 70.7 Å². The molecule has 1 aliphatic rings. The lowest BCUT2D eigenvalue weighted by molar-refractivity contribution is 0.0295. The van der Waals surface area contributed by atoms with Gasteiger partial charge in [0.05, 0.1) is 11.4 Å². The molecule has 0 saturated heterocycles. The number of nitrogens with zero attached hydrogens (tertiary/aromatic N) is 6. The standard InChI is InChI=1S/C34H40N6O5S/c1-23-12-10-15-26-28(23)39(33(43)44-22-24-13-8-7-9-14-24)19-18-38(26)27-20-25-21-35-31(46-6)36-29(25)40(30(27)41)17-11-16-37(5)32(42)45-34(2,3)4/h7-10,12-15,20-21H,11,16-19,22H2,1-6H3. The lowest BCUT2D eigenvalue weighted by atomic mass is 10.1. The summed E-state index contributed by atoms with van der Waals surface area (Å²) in [6.45, 7) is 9.00. The number of ether oxygens (including phenoxy) is 2. The van der Waals surface area contributed by atoms with Gasteiger partial charge in [-0.25, -0.2) is 19.6 Å². The van der Waals surface area contributed by atoms with Gasteiger partial charge in [0.15, 0.2) is 5.16 Å². The minimum absolute atomic E-state index is 0.164. The van der Waals surface area contributed by atoms with Crippen molar-refractivity contribution in [3.05, 3.63) is 82.3 Å². The van der Waals surface area contributed by atoms with Gasteiger partial charge in [0.25, 0.3) is 5.56 Å². The number of anilines is 3. The predicted octanol–water partition coefficient (Wildman–Crippen LogP) is 6.37. The zero-order chi connectivity index (χ0) is 33.0. The van der Waals surface area contributed by atoms with Gasteiger partial charge in [0.1, 0.15) is 23.5 Å². The number of carbonyl (C=O) groups excluding carboxylic acids is 2. The van der Waals surface area contributed by atoms with Crippen LogP contribution in [0, 0.1) is 6.92 Å². The molecule has 0 aliphatic carbocycles. The quantitative estimate of drug-likeness (QED) is 0.160. The van der Waals surface area contributed by atoms with Crippen LogP contribution in [0.4, 0.5) is 26.7 Å². The Morgan fingerprint density at radius 1 is 1.04 bits per heavy atom. The van der Waals surface area contributed by atoms with E-state index in [1.165, 1.54) is 16.7 Å². The lowest BCUT2D eigenvalue weighted by Crippen LogP contribution is -2.44. The summed E-state index contributed by atoms with van der Waals surface area (Å²) in [6.07, 6.45) is 3.26. The highest BCUT2D eigenvalue weighted by atomic mass is 32.2. The molecule has 242 valence electrons. The summed E-state index contributed by atoms with van der Waals surface area (Å²) in [4.78, 5) is 54.4. The number of fused-ring (bicyclic) bond motifs is 2. The van der Waals surface area contributed by atoms with E-state index in [1.54, 1.807) is 22.7 Å². The van der Waals surface area contributed by atoms with E-state index in [0.717, 1.165) is 16.8 Å². The highest BCUT2D eigenvalue weighted by molar-refractivity contribution is 7.98. The van der Waals surface area contributed by atoms with E-state index >= 15 is 0 Å². The third-order valence-corrected chi connectivity index (χ3v) is 8.15. The monoisotopic (exact) mass is 644 g/mol. The van der Waals surface area contributed by atoms with E-state index in [9.17, 15) is 14.4 Å². The molecule has 0 atom stereocenters. The number of hydrogen-bond donors (Lipinski definition) is 0. The van der Waals surface area contributed by atoms with Crippen LogP contribution in [-0.2, 0) is 22.6 Å². The number of amides is 2. The maximum atomic E-state index is 14.3. The number of benzene rings is 2. The second-order valence-corrected chi connectivity index (χ2v) is 12.9. The molecule has 2 aromatic heterocycles. The average molecular weight is 645 g/mol. The molecule has 11 nitrogen and oxygen atoms in total. The number of hydrogen-bond acceptors (Lipinski definition) is 9. The number of thioether (sulfide) groups is 1. The van der Waals surface area contributed by atoms with Gasteiger partial charge in [-0.05, 0) is 63.6 Å². The van der Waals surface area contributed by atoms with Crippen molar-refractivity contribution >= 4 is 52.0 Å². The van der Waals surface area contributed by atoms with Crippen LogP contribution in [0.3, 0.4) is 0 Å². The molecule has 2 amide bonds. The van der Waals surface area contributed by atoms with Gasteiger partial charge in [-0.1, -0.05) is 54.2 Å². The smallest absolute Gasteiger partial charge is 0.414 e. The fraction of sp³-hybridized carbons (Fsp3) is 0.382. The summed E-state index contributed by atoms with van der Waals surface area (Å²) in [5.41, 5.74) is 3.39. The minimum Gasteiger partial charge on any atom is -0.444 e. The Hall–Kier alpha value is -4.58. The SMILES string of the molecule is CSc1ncc2cc(N3CCN(C(=O)OCc4ccccc4)c4c(C)cccc43)c(=O)n(CCCN(C)C(=O)OC(C)(C)C)c2n1. The van der Waals surface area contributed by atoms with Gasteiger partial charge in [0, 0.05) is 44.8 Å². The molecule has 12 heteroatoms. The Balaban J connectivity index is 1.46. The van der Waals surface area contributed by atoms with Crippen molar-refractivity contribution in [3.63, 3.8) is 0 Å². The first-order chi connectivity index (χ1) is 22.0. The largest absolute Gasteiger partial charge is 0.444 e. The Morgan fingerprint density at radius 2 is 1.80 bits per heavy atom. The van der Waals surface area contributed by atoms with Crippen LogP contribution in [-0.4, -0.2) is 70.2 Å². The van der Waals surface area contributed by atoms with E-state index in [-0.39, 0.29) is 12.2 Å². The summed E-state index contributed by atoms with van der Waals surface area (Å²) in [6, 6.07) is 17.1. The first kappa shape index (κ1) is 32.8. The van der Waals surface area contributed by atoms with Crippen LogP contribution in [0.2, 0.25) is 0 Å². The molecule has 2 aromatic carbocycles. The third-order valence-electron chi connectivity index (χ3n) is 7.59. The average Bonchev–Trinajstić information content (AvgIpc) is 3.03. The van der Waals surface area contributed by atoms with Gasteiger partial charge < -0.3 is 19.3 Å². The molecule has 0 unspecified atom stereocenters. The lowest BCUT2D eigenvalue weighted by Gasteiger charge is -2.38. The molecule has 0 spiro atoms. The fourth-order valence-electron chi connectivity index (χ4n) is 5.40. The van der Waals surface area contributed by atoms with Gasteiger partial charge in [-0.15, -0.1) is 0 Å². The van der Waals surface area contributed by atoms with Gasteiger partial charge in [-0.2, -0.15) is 0 Å². The van der Waals surface area contributed by atoms with Crippen LogP contribution >= 0.6 is 11.8 Å². The van der Waals surface area contributed by atoms with Crippen LogP contribution in [0.1, 0.15) is 38.3 Å². The Kier molecular flexibility index (Phi) is 9.85. The zero-order valence-electron chi connectivity index (χ0n) is 27.1. The van der Waals surface area contributed by atoms with Crippen molar-refractivity contribution in [2.45, 2.75) is 58.0 Å². The van der Waals surface area contributed by atoms with Gasteiger partial charge in [0.2, 0.25) is 0 Å². The third kappa shape index (κ3) is 7.28. The second kappa shape index (κ2) is 13.8. The summed E-state index contributed by atoms with van der Waals surface area (Å²) < 4.78 is 12.8. The predicted molar refractivity (Wildman–Crippen MR) is 181 cm³/mol. The van der Waals surface area contributed by atoms with Crippen LogP contribution < -0.4 is 15.4 Å². The van der Waals surface area contributed by atoms with Crippen molar-refractivity contribution in [3.8, 4) is 0 Å². The topological polar surface area (TPSA) is 110 Å². The van der Waals surface area contributed by atoms with Crippen molar-refractivity contribution < 1.29 is 19.1 Å². The van der Waals surface area contributed by atoms with E-state index < -0.39 is 17.8 Å². The zero-order valence-corrected chi connectivity index (χ0v) is 28.0. The van der Waals surface area contributed by atoms with Crippen molar-refractivity contribution in [1.29, 1.82) is 0 Å². The van der Waals surface area contributed by atoms with Crippen molar-refractivity contribution in [1.82, 2.24) is 19.4 Å². The van der Waals surface area contributed by atoms with E-state index in [0.29, 0.717) is 60.2 Å². The molecule has 1 aliphatic heterocycles. The normalized spacial score (nSPS) is 13.0. The van der Waals surface area contributed by atoms with E-state index in [2.05, 4.69) is 9.97 Å².